The zero-order valence-electron chi connectivity index (χ0n) is 9.59. The van der Waals surface area contributed by atoms with Crippen molar-refractivity contribution in [3.05, 3.63) is 34.9 Å². The van der Waals surface area contributed by atoms with E-state index in [9.17, 15) is 0 Å². The number of rotatable bonds is 1. The first-order valence-electron chi connectivity index (χ1n) is 5.73. The Hall–Kier alpha value is -0.860. The predicted molar refractivity (Wildman–Crippen MR) is 63.9 cm³/mol. The molecule has 1 saturated heterocycles. The first kappa shape index (κ1) is 10.7. The van der Waals surface area contributed by atoms with E-state index in [0.717, 1.165) is 19.4 Å². The lowest BCUT2D eigenvalue weighted by molar-refractivity contribution is 0.369. The van der Waals surface area contributed by atoms with Crippen LogP contribution in [0.1, 0.15) is 35.6 Å². The third-order valence-electron chi connectivity index (χ3n) is 3.38. The first-order valence-corrected chi connectivity index (χ1v) is 5.73. The highest BCUT2D eigenvalue weighted by Gasteiger charge is 2.19. The number of aryl methyl sites for hydroxylation is 2. The third-order valence-corrected chi connectivity index (χ3v) is 3.38. The van der Waals surface area contributed by atoms with Crippen LogP contribution < -0.4 is 11.1 Å². The van der Waals surface area contributed by atoms with Gasteiger partial charge in [-0.2, -0.15) is 0 Å². The smallest absolute Gasteiger partial charge is 0.0335 e. The number of nitrogens with one attached hydrogen (secondary N) is 1. The van der Waals surface area contributed by atoms with Crippen molar-refractivity contribution in [3.63, 3.8) is 0 Å². The van der Waals surface area contributed by atoms with E-state index in [1.54, 1.807) is 0 Å². The van der Waals surface area contributed by atoms with E-state index in [-0.39, 0.29) is 0 Å². The Morgan fingerprint density at radius 2 is 2.07 bits per heavy atom. The standard InChI is InChI=1S/C13H20N2/c1-9-3-4-11(7-10(9)2)13-8-12(14)5-6-15-13/h3-4,7,12-13,15H,5-6,8,14H2,1-2H3. The topological polar surface area (TPSA) is 38.0 Å². The number of hydrogen-bond acceptors (Lipinski definition) is 2. The molecule has 2 unspecified atom stereocenters. The molecule has 1 aliphatic rings. The van der Waals surface area contributed by atoms with Gasteiger partial charge in [0.1, 0.15) is 0 Å². The average molecular weight is 204 g/mol. The Balaban J connectivity index is 2.18. The summed E-state index contributed by atoms with van der Waals surface area (Å²) < 4.78 is 0. The first-order chi connectivity index (χ1) is 7.16. The van der Waals surface area contributed by atoms with Gasteiger partial charge in [-0.15, -0.1) is 0 Å². The van der Waals surface area contributed by atoms with Crippen molar-refractivity contribution in [1.29, 1.82) is 0 Å². The number of hydrogen-bond donors (Lipinski definition) is 2. The van der Waals surface area contributed by atoms with E-state index >= 15 is 0 Å². The summed E-state index contributed by atoms with van der Waals surface area (Å²) in [6, 6.07) is 7.51. The van der Waals surface area contributed by atoms with Crippen LogP contribution in [-0.4, -0.2) is 12.6 Å². The monoisotopic (exact) mass is 204 g/mol. The van der Waals surface area contributed by atoms with Crippen LogP contribution in [0.5, 0.6) is 0 Å². The highest BCUT2D eigenvalue weighted by molar-refractivity contribution is 5.32. The van der Waals surface area contributed by atoms with Crippen LogP contribution in [0.4, 0.5) is 0 Å². The lowest BCUT2D eigenvalue weighted by atomic mass is 9.92. The van der Waals surface area contributed by atoms with E-state index in [1.165, 1.54) is 16.7 Å². The van der Waals surface area contributed by atoms with E-state index in [4.69, 9.17) is 5.73 Å². The molecule has 0 bridgehead atoms. The van der Waals surface area contributed by atoms with Gasteiger partial charge >= 0.3 is 0 Å². The largest absolute Gasteiger partial charge is 0.328 e. The highest BCUT2D eigenvalue weighted by Crippen LogP contribution is 2.24. The summed E-state index contributed by atoms with van der Waals surface area (Å²) in [6.45, 7) is 5.36. The van der Waals surface area contributed by atoms with Gasteiger partial charge in [0.15, 0.2) is 0 Å². The second-order valence-electron chi connectivity index (χ2n) is 4.63. The molecule has 1 aromatic carbocycles. The zero-order chi connectivity index (χ0) is 10.8. The van der Waals surface area contributed by atoms with Crippen LogP contribution in [0.15, 0.2) is 18.2 Å². The molecule has 0 radical (unpaired) electrons. The Morgan fingerprint density at radius 3 is 2.73 bits per heavy atom. The summed E-state index contributed by atoms with van der Waals surface area (Å²) in [5, 5.41) is 3.53. The van der Waals surface area contributed by atoms with Gasteiger partial charge in [0.25, 0.3) is 0 Å². The second kappa shape index (κ2) is 4.33. The van der Waals surface area contributed by atoms with Crippen molar-refractivity contribution < 1.29 is 0 Å². The molecule has 0 amide bonds. The van der Waals surface area contributed by atoms with E-state index < -0.39 is 0 Å². The molecule has 1 aromatic rings. The van der Waals surface area contributed by atoms with E-state index in [2.05, 4.69) is 37.4 Å². The van der Waals surface area contributed by atoms with Crippen LogP contribution in [-0.2, 0) is 0 Å². The summed E-state index contributed by atoms with van der Waals surface area (Å²) in [5.74, 6) is 0. The minimum absolute atomic E-state index is 0.359. The van der Waals surface area contributed by atoms with Gasteiger partial charge in [0, 0.05) is 12.1 Å². The van der Waals surface area contributed by atoms with Crippen molar-refractivity contribution in [2.45, 2.75) is 38.8 Å². The van der Waals surface area contributed by atoms with E-state index in [1.807, 2.05) is 0 Å². The maximum atomic E-state index is 5.99. The van der Waals surface area contributed by atoms with Gasteiger partial charge in [0.05, 0.1) is 0 Å². The lowest BCUT2D eigenvalue weighted by Gasteiger charge is -2.28. The number of benzene rings is 1. The normalized spacial score (nSPS) is 26.6. The summed E-state index contributed by atoms with van der Waals surface area (Å²) in [5.41, 5.74) is 10.1. The van der Waals surface area contributed by atoms with Crippen LogP contribution in [0.25, 0.3) is 0 Å². The molecule has 0 saturated carbocycles. The van der Waals surface area contributed by atoms with Gasteiger partial charge in [-0.05, 0) is 49.9 Å². The van der Waals surface area contributed by atoms with Crippen molar-refractivity contribution in [2.75, 3.05) is 6.54 Å². The van der Waals surface area contributed by atoms with Crippen molar-refractivity contribution >= 4 is 0 Å². The summed E-state index contributed by atoms with van der Waals surface area (Å²) >= 11 is 0. The highest BCUT2D eigenvalue weighted by atomic mass is 14.9. The molecule has 0 aromatic heterocycles. The zero-order valence-corrected chi connectivity index (χ0v) is 9.59. The van der Waals surface area contributed by atoms with Crippen LogP contribution in [0.2, 0.25) is 0 Å². The quantitative estimate of drug-likeness (QED) is 0.735. The SMILES string of the molecule is Cc1ccc(C2CC(N)CCN2)cc1C. The lowest BCUT2D eigenvalue weighted by Crippen LogP contribution is -2.38. The maximum Gasteiger partial charge on any atom is 0.0335 e. The fourth-order valence-corrected chi connectivity index (χ4v) is 2.18. The van der Waals surface area contributed by atoms with Crippen LogP contribution >= 0.6 is 0 Å². The Bertz CT molecular complexity index is 346. The Labute approximate surface area is 91.9 Å². The Kier molecular flexibility index (Phi) is 3.08. The minimum atomic E-state index is 0.359. The average Bonchev–Trinajstić information content (AvgIpc) is 2.22. The molecule has 3 N–H and O–H groups in total. The number of nitrogens with two attached hydrogens (primary N) is 1. The van der Waals surface area contributed by atoms with Gasteiger partial charge < -0.3 is 11.1 Å². The molecule has 2 nitrogen and oxygen atoms in total. The molecule has 15 heavy (non-hydrogen) atoms. The van der Waals surface area contributed by atoms with Crippen molar-refractivity contribution in [2.24, 2.45) is 5.73 Å². The van der Waals surface area contributed by atoms with Crippen LogP contribution in [0, 0.1) is 13.8 Å². The number of piperidine rings is 1. The minimum Gasteiger partial charge on any atom is -0.328 e. The molecule has 1 aliphatic heterocycles. The van der Waals surface area contributed by atoms with Crippen LogP contribution in [0.3, 0.4) is 0 Å². The molecule has 0 spiro atoms. The molecule has 2 rings (SSSR count). The maximum absolute atomic E-state index is 5.99. The molecule has 0 aliphatic carbocycles. The fourth-order valence-electron chi connectivity index (χ4n) is 2.18. The fraction of sp³-hybridized carbons (Fsp3) is 0.538. The van der Waals surface area contributed by atoms with Gasteiger partial charge in [-0.3, -0.25) is 0 Å². The van der Waals surface area contributed by atoms with Crippen molar-refractivity contribution in [3.8, 4) is 0 Å². The van der Waals surface area contributed by atoms with E-state index in [0.29, 0.717) is 12.1 Å². The van der Waals surface area contributed by atoms with Gasteiger partial charge in [0.2, 0.25) is 0 Å². The molecule has 1 fully saturated rings. The second-order valence-corrected chi connectivity index (χ2v) is 4.63. The molecule has 2 heteroatoms. The van der Waals surface area contributed by atoms with Gasteiger partial charge in [-0.25, -0.2) is 0 Å². The summed E-state index contributed by atoms with van der Waals surface area (Å²) in [7, 11) is 0. The molecular formula is C13H20N2. The van der Waals surface area contributed by atoms with Crippen molar-refractivity contribution in [1.82, 2.24) is 5.32 Å². The predicted octanol–water partition coefficient (Wildman–Crippen LogP) is 2.06. The Morgan fingerprint density at radius 1 is 1.27 bits per heavy atom. The summed E-state index contributed by atoms with van der Waals surface area (Å²) in [4.78, 5) is 0. The summed E-state index contributed by atoms with van der Waals surface area (Å²) in [6.07, 6.45) is 2.16. The third kappa shape index (κ3) is 2.39. The molecule has 2 atom stereocenters. The molecule has 1 heterocycles. The van der Waals surface area contributed by atoms with Gasteiger partial charge in [-0.1, -0.05) is 18.2 Å². The molecular weight excluding hydrogens is 184 g/mol. The molecule has 82 valence electrons.